The molecule has 170 valence electrons. The van der Waals surface area contributed by atoms with Crippen molar-refractivity contribution in [1.82, 2.24) is 19.6 Å². The number of hydrogen-bond acceptors (Lipinski definition) is 6. The van der Waals surface area contributed by atoms with Crippen LogP contribution in [0.3, 0.4) is 0 Å². The summed E-state index contributed by atoms with van der Waals surface area (Å²) in [5, 5.41) is 4.44. The minimum atomic E-state index is -0.749. The van der Waals surface area contributed by atoms with Crippen molar-refractivity contribution in [2.24, 2.45) is 0 Å². The highest BCUT2D eigenvalue weighted by atomic mass is 16.5. The lowest BCUT2D eigenvalue weighted by molar-refractivity contribution is -0.147. The van der Waals surface area contributed by atoms with Gasteiger partial charge in [-0.3, -0.25) is 14.4 Å². The third-order valence-electron chi connectivity index (χ3n) is 6.04. The van der Waals surface area contributed by atoms with E-state index in [1.54, 1.807) is 29.9 Å². The molecule has 9 nitrogen and oxygen atoms in total. The number of benzene rings is 1. The molecular formula is C23H28N4O5. The molecule has 2 aliphatic rings. The Morgan fingerprint density at radius 3 is 2.38 bits per heavy atom. The van der Waals surface area contributed by atoms with Gasteiger partial charge in [-0.1, -0.05) is 0 Å². The molecule has 3 heterocycles. The lowest BCUT2D eigenvalue weighted by atomic mass is 10.1. The fourth-order valence-electron chi connectivity index (χ4n) is 4.11. The molecule has 0 spiro atoms. The van der Waals surface area contributed by atoms with Crippen LogP contribution in [0.15, 0.2) is 41.2 Å². The quantitative estimate of drug-likeness (QED) is 0.696. The van der Waals surface area contributed by atoms with Crippen molar-refractivity contribution in [2.45, 2.75) is 31.9 Å². The lowest BCUT2D eigenvalue weighted by Gasteiger charge is -2.36. The summed E-state index contributed by atoms with van der Waals surface area (Å²) in [6.45, 7) is 4.09. The number of ether oxygens (including phenoxy) is 2. The van der Waals surface area contributed by atoms with Gasteiger partial charge >= 0.3 is 0 Å². The Morgan fingerprint density at radius 1 is 1.06 bits per heavy atom. The molecule has 1 aromatic carbocycles. The van der Waals surface area contributed by atoms with E-state index in [1.807, 2.05) is 24.3 Å². The van der Waals surface area contributed by atoms with E-state index in [2.05, 4.69) is 5.10 Å². The van der Waals surface area contributed by atoms with Crippen LogP contribution in [-0.4, -0.2) is 77.4 Å². The predicted molar refractivity (Wildman–Crippen MR) is 117 cm³/mol. The van der Waals surface area contributed by atoms with Crippen LogP contribution in [0.5, 0.6) is 5.75 Å². The highest BCUT2D eigenvalue weighted by Gasteiger charge is 2.33. The Kier molecular flexibility index (Phi) is 6.55. The summed E-state index contributed by atoms with van der Waals surface area (Å²) >= 11 is 0. The van der Waals surface area contributed by atoms with E-state index in [0.717, 1.165) is 24.2 Å². The largest absolute Gasteiger partial charge is 0.497 e. The molecule has 0 bridgehead atoms. The summed E-state index contributed by atoms with van der Waals surface area (Å²) in [5.41, 5.74) is 1.08. The summed E-state index contributed by atoms with van der Waals surface area (Å²) in [7, 11) is 1.60. The molecule has 0 aliphatic carbocycles. The Labute approximate surface area is 186 Å². The second kappa shape index (κ2) is 9.52. The van der Waals surface area contributed by atoms with E-state index >= 15 is 0 Å². The van der Waals surface area contributed by atoms with Gasteiger partial charge < -0.3 is 19.3 Å². The van der Waals surface area contributed by atoms with Gasteiger partial charge in [-0.15, -0.1) is 0 Å². The van der Waals surface area contributed by atoms with E-state index < -0.39 is 6.04 Å². The lowest BCUT2D eigenvalue weighted by Crippen LogP contribution is -2.54. The highest BCUT2D eigenvalue weighted by molar-refractivity contribution is 5.83. The number of carbonyl (C=O) groups excluding carboxylic acids is 2. The first-order chi connectivity index (χ1) is 15.5. The number of amides is 2. The number of aromatic nitrogens is 2. The van der Waals surface area contributed by atoms with Crippen molar-refractivity contribution in [3.63, 3.8) is 0 Å². The van der Waals surface area contributed by atoms with Crippen LogP contribution in [-0.2, 0) is 14.3 Å². The molecule has 4 rings (SSSR count). The van der Waals surface area contributed by atoms with Crippen LogP contribution in [0.4, 0.5) is 0 Å². The minimum Gasteiger partial charge on any atom is -0.497 e. The van der Waals surface area contributed by atoms with Crippen LogP contribution in [0.1, 0.15) is 25.8 Å². The zero-order valence-corrected chi connectivity index (χ0v) is 18.4. The Morgan fingerprint density at radius 2 is 1.75 bits per heavy atom. The molecule has 0 radical (unpaired) electrons. The summed E-state index contributed by atoms with van der Waals surface area (Å²) in [5.74, 6) is 0.547. The fourth-order valence-corrected chi connectivity index (χ4v) is 4.11. The van der Waals surface area contributed by atoms with Gasteiger partial charge in [0.1, 0.15) is 17.9 Å². The molecule has 2 aromatic rings. The first-order valence-electron chi connectivity index (χ1n) is 10.9. The Bertz CT molecular complexity index is 1020. The molecular weight excluding hydrogens is 412 g/mol. The second-order valence-corrected chi connectivity index (χ2v) is 8.06. The minimum absolute atomic E-state index is 0.00715. The molecule has 32 heavy (non-hydrogen) atoms. The average molecular weight is 441 g/mol. The van der Waals surface area contributed by atoms with E-state index in [0.29, 0.717) is 38.5 Å². The van der Waals surface area contributed by atoms with Crippen LogP contribution >= 0.6 is 0 Å². The summed E-state index contributed by atoms with van der Waals surface area (Å²) in [4.78, 5) is 41.5. The molecule has 9 heteroatoms. The SMILES string of the molecule is COc1ccc(-c2ccc(=O)n(C(C)C(=O)N3CCN(C(=O)C4CCCO4)CC3)n2)cc1. The number of methoxy groups -OCH3 is 1. The Hall–Kier alpha value is -3.20. The van der Waals surface area contributed by atoms with Crippen molar-refractivity contribution in [3.05, 3.63) is 46.8 Å². The van der Waals surface area contributed by atoms with Crippen LogP contribution in [0.2, 0.25) is 0 Å². The molecule has 2 saturated heterocycles. The number of rotatable bonds is 5. The molecule has 0 saturated carbocycles. The molecule has 0 N–H and O–H groups in total. The second-order valence-electron chi connectivity index (χ2n) is 8.06. The summed E-state index contributed by atoms with van der Waals surface area (Å²) < 4.78 is 11.9. The molecule has 2 fully saturated rings. The predicted octanol–water partition coefficient (Wildman–Crippen LogP) is 1.33. The van der Waals surface area contributed by atoms with Crippen molar-refractivity contribution < 1.29 is 19.1 Å². The summed E-state index contributed by atoms with van der Waals surface area (Å²) in [6.07, 6.45) is 1.32. The van der Waals surface area contributed by atoms with Crippen molar-refractivity contribution >= 4 is 11.8 Å². The van der Waals surface area contributed by atoms with Crippen molar-refractivity contribution in [1.29, 1.82) is 0 Å². The maximum atomic E-state index is 13.1. The first kappa shape index (κ1) is 22.0. The smallest absolute Gasteiger partial charge is 0.267 e. The maximum absolute atomic E-state index is 13.1. The first-order valence-corrected chi connectivity index (χ1v) is 10.9. The zero-order chi connectivity index (χ0) is 22.7. The van der Waals surface area contributed by atoms with Gasteiger partial charge in [0.05, 0.1) is 12.8 Å². The molecule has 2 atom stereocenters. The molecule has 2 aliphatic heterocycles. The monoisotopic (exact) mass is 440 g/mol. The van der Waals surface area contributed by atoms with Gasteiger partial charge in [0.15, 0.2) is 0 Å². The van der Waals surface area contributed by atoms with Gasteiger partial charge in [0.25, 0.3) is 11.5 Å². The normalized spacial score (nSPS) is 19.6. The van der Waals surface area contributed by atoms with Gasteiger partial charge in [0, 0.05) is 44.4 Å². The number of piperazine rings is 1. The van der Waals surface area contributed by atoms with E-state index in [1.165, 1.54) is 10.7 Å². The van der Waals surface area contributed by atoms with E-state index in [4.69, 9.17) is 9.47 Å². The van der Waals surface area contributed by atoms with Gasteiger partial charge in [-0.05, 0) is 50.1 Å². The fraction of sp³-hybridized carbons (Fsp3) is 0.478. The molecule has 2 amide bonds. The zero-order valence-electron chi connectivity index (χ0n) is 18.4. The van der Waals surface area contributed by atoms with Crippen molar-refractivity contribution in [3.8, 4) is 17.0 Å². The van der Waals surface area contributed by atoms with Gasteiger partial charge in [-0.25, -0.2) is 4.68 Å². The molecule has 1 aromatic heterocycles. The third kappa shape index (κ3) is 4.52. The maximum Gasteiger partial charge on any atom is 0.267 e. The standard InChI is InChI=1S/C23H28N4O5/c1-16(22(29)25-11-13-26(14-12-25)23(30)20-4-3-15-32-20)27-21(28)10-9-19(24-27)17-5-7-18(31-2)8-6-17/h5-10,16,20H,3-4,11-15H2,1-2H3. The van der Waals surface area contributed by atoms with Gasteiger partial charge in [0.2, 0.25) is 5.91 Å². The van der Waals surface area contributed by atoms with Crippen LogP contribution in [0.25, 0.3) is 11.3 Å². The topological polar surface area (TPSA) is 94.0 Å². The third-order valence-corrected chi connectivity index (χ3v) is 6.04. The highest BCUT2D eigenvalue weighted by Crippen LogP contribution is 2.21. The summed E-state index contributed by atoms with van der Waals surface area (Å²) in [6, 6.07) is 9.67. The number of nitrogens with zero attached hydrogens (tertiary/aromatic N) is 4. The van der Waals surface area contributed by atoms with Crippen LogP contribution < -0.4 is 10.3 Å². The van der Waals surface area contributed by atoms with Gasteiger partial charge in [-0.2, -0.15) is 5.10 Å². The number of hydrogen-bond donors (Lipinski definition) is 0. The number of carbonyl (C=O) groups is 2. The molecule has 2 unspecified atom stereocenters. The average Bonchev–Trinajstić information content (AvgIpc) is 3.38. The van der Waals surface area contributed by atoms with E-state index in [9.17, 15) is 14.4 Å². The Balaban J connectivity index is 1.43. The van der Waals surface area contributed by atoms with E-state index in [-0.39, 0.29) is 23.5 Å². The van der Waals surface area contributed by atoms with Crippen LogP contribution in [0, 0.1) is 0 Å². The van der Waals surface area contributed by atoms with Crippen molar-refractivity contribution in [2.75, 3.05) is 39.9 Å².